The minimum absolute atomic E-state index is 0.0343. The van der Waals surface area contributed by atoms with Gasteiger partial charge in [0, 0.05) is 30.8 Å². The zero-order valence-corrected chi connectivity index (χ0v) is 15.1. The SMILES string of the molecule is O=C(NCCn1cnc(C2CCCC2)cc1=O)Nc1cccc(C(F)(F)F)c1. The summed E-state index contributed by atoms with van der Waals surface area (Å²) in [6.45, 7) is 0.349. The maximum Gasteiger partial charge on any atom is 0.416 e. The van der Waals surface area contributed by atoms with Crippen LogP contribution in [-0.4, -0.2) is 22.1 Å². The average molecular weight is 394 g/mol. The van der Waals surface area contributed by atoms with E-state index >= 15 is 0 Å². The minimum Gasteiger partial charge on any atom is -0.336 e. The molecular weight excluding hydrogens is 373 g/mol. The van der Waals surface area contributed by atoms with Gasteiger partial charge in [0.25, 0.3) is 5.56 Å². The summed E-state index contributed by atoms with van der Waals surface area (Å²) < 4.78 is 39.5. The maximum absolute atomic E-state index is 12.7. The lowest BCUT2D eigenvalue weighted by molar-refractivity contribution is -0.137. The van der Waals surface area contributed by atoms with Gasteiger partial charge in [0.15, 0.2) is 0 Å². The second-order valence-corrected chi connectivity index (χ2v) is 6.79. The Labute approximate surface area is 159 Å². The zero-order valence-electron chi connectivity index (χ0n) is 15.1. The molecule has 28 heavy (non-hydrogen) atoms. The summed E-state index contributed by atoms with van der Waals surface area (Å²) in [7, 11) is 0. The predicted octanol–water partition coefficient (Wildman–Crippen LogP) is 3.74. The molecule has 6 nitrogen and oxygen atoms in total. The first-order valence-corrected chi connectivity index (χ1v) is 9.11. The molecule has 0 atom stereocenters. The number of nitrogens with zero attached hydrogens (tertiary/aromatic N) is 2. The molecule has 2 N–H and O–H groups in total. The predicted molar refractivity (Wildman–Crippen MR) is 98.2 cm³/mol. The van der Waals surface area contributed by atoms with Gasteiger partial charge in [0.2, 0.25) is 0 Å². The van der Waals surface area contributed by atoms with Crippen LogP contribution in [0.1, 0.15) is 42.9 Å². The van der Waals surface area contributed by atoms with Crippen molar-refractivity contribution in [1.29, 1.82) is 0 Å². The van der Waals surface area contributed by atoms with E-state index in [0.717, 1.165) is 43.5 Å². The van der Waals surface area contributed by atoms with Gasteiger partial charge in [0.05, 0.1) is 17.6 Å². The molecule has 2 aromatic rings. The van der Waals surface area contributed by atoms with Gasteiger partial charge in [-0.15, -0.1) is 0 Å². The summed E-state index contributed by atoms with van der Waals surface area (Å²) >= 11 is 0. The monoisotopic (exact) mass is 394 g/mol. The van der Waals surface area contributed by atoms with Crippen molar-refractivity contribution in [1.82, 2.24) is 14.9 Å². The van der Waals surface area contributed by atoms with Crippen molar-refractivity contribution in [3.63, 3.8) is 0 Å². The minimum atomic E-state index is -4.48. The van der Waals surface area contributed by atoms with Gasteiger partial charge in [-0.25, -0.2) is 9.78 Å². The fraction of sp³-hybridized carbons (Fsp3) is 0.421. The van der Waals surface area contributed by atoms with Gasteiger partial charge < -0.3 is 10.6 Å². The Morgan fingerprint density at radius 1 is 1.21 bits per heavy atom. The molecule has 0 saturated heterocycles. The van der Waals surface area contributed by atoms with Crippen LogP contribution in [0.3, 0.4) is 0 Å². The lowest BCUT2D eigenvalue weighted by Crippen LogP contribution is -2.34. The number of rotatable bonds is 5. The van der Waals surface area contributed by atoms with Crippen LogP contribution in [0.2, 0.25) is 0 Å². The quantitative estimate of drug-likeness (QED) is 0.811. The van der Waals surface area contributed by atoms with E-state index in [0.29, 0.717) is 5.92 Å². The molecule has 0 unspecified atom stereocenters. The smallest absolute Gasteiger partial charge is 0.336 e. The Balaban J connectivity index is 1.51. The Morgan fingerprint density at radius 3 is 2.64 bits per heavy atom. The van der Waals surface area contributed by atoms with Crippen molar-refractivity contribution < 1.29 is 18.0 Å². The summed E-state index contributed by atoms with van der Waals surface area (Å²) in [6.07, 6.45) is 1.40. The summed E-state index contributed by atoms with van der Waals surface area (Å²) in [4.78, 5) is 28.4. The van der Waals surface area contributed by atoms with Gasteiger partial charge in [-0.2, -0.15) is 13.2 Å². The molecule has 0 spiro atoms. The third-order valence-corrected chi connectivity index (χ3v) is 4.76. The largest absolute Gasteiger partial charge is 0.416 e. The number of aromatic nitrogens is 2. The zero-order chi connectivity index (χ0) is 20.1. The first-order valence-electron chi connectivity index (χ1n) is 9.11. The number of halogens is 3. The second-order valence-electron chi connectivity index (χ2n) is 6.79. The number of carbonyl (C=O) groups excluding carboxylic acids is 1. The summed E-state index contributed by atoms with van der Waals surface area (Å²) in [5.41, 5.74) is -0.177. The molecule has 1 aromatic heterocycles. The summed E-state index contributed by atoms with van der Waals surface area (Å²) in [5.74, 6) is 0.346. The third kappa shape index (κ3) is 5.11. The molecule has 1 fully saturated rings. The molecule has 0 bridgehead atoms. The lowest BCUT2D eigenvalue weighted by atomic mass is 10.0. The Bertz CT molecular complexity index is 889. The van der Waals surface area contributed by atoms with Gasteiger partial charge in [-0.3, -0.25) is 9.36 Å². The van der Waals surface area contributed by atoms with Crippen LogP contribution in [0.15, 0.2) is 41.5 Å². The summed E-state index contributed by atoms with van der Waals surface area (Å²) in [6, 6.07) is 5.26. The van der Waals surface area contributed by atoms with Crippen LogP contribution in [0.4, 0.5) is 23.7 Å². The van der Waals surface area contributed by atoms with Gasteiger partial charge >= 0.3 is 12.2 Å². The van der Waals surface area contributed by atoms with Gasteiger partial charge in [-0.05, 0) is 31.0 Å². The van der Waals surface area contributed by atoms with E-state index in [4.69, 9.17) is 0 Å². The van der Waals surface area contributed by atoms with Crippen LogP contribution in [0.5, 0.6) is 0 Å². The highest BCUT2D eigenvalue weighted by Crippen LogP contribution is 2.32. The number of nitrogens with one attached hydrogen (secondary N) is 2. The van der Waals surface area contributed by atoms with E-state index in [2.05, 4.69) is 15.6 Å². The van der Waals surface area contributed by atoms with Crippen LogP contribution >= 0.6 is 0 Å². The van der Waals surface area contributed by atoms with Crippen LogP contribution < -0.4 is 16.2 Å². The topological polar surface area (TPSA) is 76.0 Å². The standard InChI is InChI=1S/C19H21F3N4O2/c20-19(21,22)14-6-3-7-15(10-14)25-18(28)23-8-9-26-12-24-16(11-17(26)27)13-4-1-2-5-13/h3,6-7,10-13H,1-2,4-5,8-9H2,(H2,23,25,28). The number of hydrogen-bond acceptors (Lipinski definition) is 3. The molecule has 1 aromatic carbocycles. The fourth-order valence-corrected chi connectivity index (χ4v) is 3.29. The van der Waals surface area contributed by atoms with Crippen molar-refractivity contribution >= 4 is 11.7 Å². The van der Waals surface area contributed by atoms with Crippen molar-refractivity contribution in [2.45, 2.75) is 44.3 Å². The number of amides is 2. The van der Waals surface area contributed by atoms with Crippen LogP contribution in [-0.2, 0) is 12.7 Å². The molecule has 9 heteroatoms. The van der Waals surface area contributed by atoms with Crippen molar-refractivity contribution in [2.24, 2.45) is 0 Å². The number of benzene rings is 1. The number of alkyl halides is 3. The maximum atomic E-state index is 12.7. The third-order valence-electron chi connectivity index (χ3n) is 4.76. The van der Waals surface area contributed by atoms with Crippen molar-refractivity contribution in [3.8, 4) is 0 Å². The van der Waals surface area contributed by atoms with E-state index in [-0.39, 0.29) is 24.3 Å². The second kappa shape index (κ2) is 8.45. The van der Waals surface area contributed by atoms with E-state index in [1.54, 1.807) is 6.07 Å². The summed E-state index contributed by atoms with van der Waals surface area (Å²) in [5, 5.41) is 4.86. The normalized spacial score (nSPS) is 14.8. The van der Waals surface area contributed by atoms with E-state index < -0.39 is 17.8 Å². The molecule has 3 rings (SSSR count). The van der Waals surface area contributed by atoms with Crippen LogP contribution in [0, 0.1) is 0 Å². The molecular formula is C19H21F3N4O2. The van der Waals surface area contributed by atoms with E-state index in [1.165, 1.54) is 23.0 Å². The average Bonchev–Trinajstić information content (AvgIpc) is 3.17. The Morgan fingerprint density at radius 2 is 1.96 bits per heavy atom. The highest BCUT2D eigenvalue weighted by atomic mass is 19.4. The molecule has 150 valence electrons. The molecule has 2 amide bonds. The highest BCUT2D eigenvalue weighted by molar-refractivity contribution is 5.89. The van der Waals surface area contributed by atoms with Gasteiger partial charge in [-0.1, -0.05) is 18.9 Å². The first-order chi connectivity index (χ1) is 13.3. The van der Waals surface area contributed by atoms with Crippen molar-refractivity contribution in [3.05, 3.63) is 58.3 Å². The lowest BCUT2D eigenvalue weighted by Gasteiger charge is -2.12. The number of anilines is 1. The molecule has 1 aliphatic rings. The molecule has 1 aliphatic carbocycles. The molecule has 0 aliphatic heterocycles. The Kier molecular flexibility index (Phi) is 6.01. The molecule has 1 heterocycles. The van der Waals surface area contributed by atoms with Crippen LogP contribution in [0.25, 0.3) is 0 Å². The molecule has 0 radical (unpaired) electrons. The van der Waals surface area contributed by atoms with E-state index in [1.807, 2.05) is 0 Å². The highest BCUT2D eigenvalue weighted by Gasteiger charge is 2.30. The van der Waals surface area contributed by atoms with E-state index in [9.17, 15) is 22.8 Å². The number of hydrogen-bond donors (Lipinski definition) is 2. The number of carbonyl (C=O) groups is 1. The number of urea groups is 1. The first kappa shape index (κ1) is 19.9. The Hall–Kier alpha value is -2.84. The fourth-order valence-electron chi connectivity index (χ4n) is 3.29. The molecule has 1 saturated carbocycles. The van der Waals surface area contributed by atoms with Crippen molar-refractivity contribution in [2.75, 3.05) is 11.9 Å². The van der Waals surface area contributed by atoms with Gasteiger partial charge in [0.1, 0.15) is 0 Å².